The van der Waals surface area contributed by atoms with E-state index in [1.165, 1.54) is 29.0 Å². The SMILES string of the molecule is CCOc1ccc2c(c1)sc1ncc(C(=O)OC)c(=O)n12. The lowest BCUT2D eigenvalue weighted by atomic mass is 10.3. The van der Waals surface area contributed by atoms with Crippen LogP contribution in [-0.4, -0.2) is 29.1 Å². The molecule has 0 aliphatic heterocycles. The minimum atomic E-state index is -0.688. The third kappa shape index (κ3) is 2.15. The Kier molecular flexibility index (Phi) is 3.34. The molecule has 0 aliphatic carbocycles. The van der Waals surface area contributed by atoms with Crippen LogP contribution in [0.2, 0.25) is 0 Å². The molecule has 0 saturated heterocycles. The number of carbonyl (C=O) groups is 1. The summed E-state index contributed by atoms with van der Waals surface area (Å²) >= 11 is 1.36. The molecule has 21 heavy (non-hydrogen) atoms. The van der Waals surface area contributed by atoms with Crippen LogP contribution in [0, 0.1) is 0 Å². The van der Waals surface area contributed by atoms with Crippen LogP contribution in [-0.2, 0) is 4.74 Å². The average molecular weight is 304 g/mol. The van der Waals surface area contributed by atoms with E-state index in [0.29, 0.717) is 17.1 Å². The number of fused-ring (bicyclic) bond motifs is 3. The molecular weight excluding hydrogens is 292 g/mol. The molecule has 0 atom stereocenters. The van der Waals surface area contributed by atoms with Gasteiger partial charge in [-0.2, -0.15) is 0 Å². The van der Waals surface area contributed by atoms with Crippen molar-refractivity contribution in [1.29, 1.82) is 0 Å². The smallest absolute Gasteiger partial charge is 0.345 e. The molecular formula is C14H12N2O4S. The lowest BCUT2D eigenvalue weighted by Crippen LogP contribution is -2.22. The summed E-state index contributed by atoms with van der Waals surface area (Å²) in [6, 6.07) is 5.43. The number of hydrogen-bond donors (Lipinski definition) is 0. The highest BCUT2D eigenvalue weighted by Crippen LogP contribution is 2.27. The highest BCUT2D eigenvalue weighted by atomic mass is 32.1. The number of aromatic nitrogens is 2. The Balaban J connectivity index is 2.30. The molecule has 2 aromatic heterocycles. The Morgan fingerprint density at radius 1 is 1.43 bits per heavy atom. The third-order valence-corrected chi connectivity index (χ3v) is 4.04. The number of rotatable bonds is 3. The van der Waals surface area contributed by atoms with Crippen LogP contribution in [0.15, 0.2) is 29.2 Å². The molecule has 0 saturated carbocycles. The lowest BCUT2D eigenvalue weighted by Gasteiger charge is -2.02. The van der Waals surface area contributed by atoms with E-state index < -0.39 is 11.5 Å². The maximum Gasteiger partial charge on any atom is 0.345 e. The Bertz CT molecular complexity index is 897. The van der Waals surface area contributed by atoms with Crippen LogP contribution in [0.5, 0.6) is 5.75 Å². The van der Waals surface area contributed by atoms with Gasteiger partial charge in [-0.25, -0.2) is 9.78 Å². The van der Waals surface area contributed by atoms with Gasteiger partial charge in [-0.15, -0.1) is 0 Å². The van der Waals surface area contributed by atoms with E-state index in [2.05, 4.69) is 9.72 Å². The second-order valence-corrected chi connectivity index (χ2v) is 5.26. The fourth-order valence-electron chi connectivity index (χ4n) is 2.09. The minimum absolute atomic E-state index is 0.0800. The quantitative estimate of drug-likeness (QED) is 0.693. The van der Waals surface area contributed by atoms with Gasteiger partial charge in [-0.3, -0.25) is 9.20 Å². The molecule has 0 unspecified atom stereocenters. The topological polar surface area (TPSA) is 69.9 Å². The molecule has 3 rings (SSSR count). The van der Waals surface area contributed by atoms with Crippen LogP contribution < -0.4 is 10.3 Å². The first kappa shape index (κ1) is 13.6. The third-order valence-electron chi connectivity index (χ3n) is 3.02. The zero-order chi connectivity index (χ0) is 15.0. The van der Waals surface area contributed by atoms with Crippen LogP contribution in [0.3, 0.4) is 0 Å². The lowest BCUT2D eigenvalue weighted by molar-refractivity contribution is 0.0598. The molecule has 7 heteroatoms. The van der Waals surface area contributed by atoms with Crippen molar-refractivity contribution in [2.45, 2.75) is 6.92 Å². The summed E-state index contributed by atoms with van der Waals surface area (Å²) < 4.78 is 12.3. The van der Waals surface area contributed by atoms with Gasteiger partial charge in [0.25, 0.3) is 5.56 Å². The summed E-state index contributed by atoms with van der Waals surface area (Å²) in [7, 11) is 1.23. The van der Waals surface area contributed by atoms with E-state index in [4.69, 9.17) is 4.74 Å². The van der Waals surface area contributed by atoms with Crippen LogP contribution in [0.25, 0.3) is 15.2 Å². The molecule has 0 aliphatic rings. The fourth-order valence-corrected chi connectivity index (χ4v) is 3.10. The van der Waals surface area contributed by atoms with Crippen LogP contribution >= 0.6 is 11.3 Å². The highest BCUT2D eigenvalue weighted by molar-refractivity contribution is 7.23. The summed E-state index contributed by atoms with van der Waals surface area (Å²) in [6.45, 7) is 2.48. The Morgan fingerprint density at radius 2 is 2.24 bits per heavy atom. The van der Waals surface area contributed by atoms with Crippen molar-refractivity contribution in [3.63, 3.8) is 0 Å². The second-order valence-electron chi connectivity index (χ2n) is 4.25. The number of nitrogens with zero attached hydrogens (tertiary/aromatic N) is 2. The molecule has 6 nitrogen and oxygen atoms in total. The predicted molar refractivity (Wildman–Crippen MR) is 79.4 cm³/mol. The summed E-state index contributed by atoms with van der Waals surface area (Å²) in [5.41, 5.74) is 0.188. The van der Waals surface area contributed by atoms with Crippen LogP contribution in [0.4, 0.5) is 0 Å². The zero-order valence-electron chi connectivity index (χ0n) is 11.5. The summed E-state index contributed by atoms with van der Waals surface area (Å²) in [4.78, 5) is 28.7. The number of hydrogen-bond acceptors (Lipinski definition) is 6. The molecule has 0 radical (unpaired) electrons. The van der Waals surface area contributed by atoms with Crippen molar-refractivity contribution in [1.82, 2.24) is 9.38 Å². The molecule has 1 aromatic carbocycles. The number of benzene rings is 1. The summed E-state index contributed by atoms with van der Waals surface area (Å²) in [5.74, 6) is 0.0463. The summed E-state index contributed by atoms with van der Waals surface area (Å²) in [5, 5.41) is 0. The van der Waals surface area contributed by atoms with E-state index >= 15 is 0 Å². The molecule has 3 aromatic rings. The Hall–Kier alpha value is -2.41. The van der Waals surface area contributed by atoms with Gasteiger partial charge in [0.15, 0.2) is 4.96 Å². The molecule has 0 fully saturated rings. The monoisotopic (exact) mass is 304 g/mol. The first-order valence-electron chi connectivity index (χ1n) is 6.31. The van der Waals surface area contributed by atoms with E-state index in [9.17, 15) is 9.59 Å². The van der Waals surface area contributed by atoms with E-state index in [0.717, 1.165) is 10.4 Å². The standard InChI is InChI=1S/C14H12N2O4S/c1-3-20-8-4-5-10-11(6-8)21-14-15-7-9(13(18)19-2)12(17)16(10)14/h4-7H,3H2,1-2H3. The maximum absolute atomic E-state index is 12.4. The molecule has 2 heterocycles. The van der Waals surface area contributed by atoms with Gasteiger partial charge < -0.3 is 9.47 Å². The van der Waals surface area contributed by atoms with Crippen molar-refractivity contribution in [3.05, 3.63) is 40.3 Å². The van der Waals surface area contributed by atoms with E-state index in [1.54, 1.807) is 12.1 Å². The molecule has 0 amide bonds. The van der Waals surface area contributed by atoms with Gasteiger partial charge >= 0.3 is 5.97 Å². The number of esters is 1. The predicted octanol–water partition coefficient (Wildman–Crippen LogP) is 2.09. The van der Waals surface area contributed by atoms with Gasteiger partial charge in [0.05, 0.1) is 30.1 Å². The van der Waals surface area contributed by atoms with Gasteiger partial charge in [0, 0.05) is 0 Å². The van der Waals surface area contributed by atoms with Crippen molar-refractivity contribution in [3.8, 4) is 5.75 Å². The van der Waals surface area contributed by atoms with Crippen molar-refractivity contribution in [2.75, 3.05) is 13.7 Å². The molecule has 0 bridgehead atoms. The van der Waals surface area contributed by atoms with Crippen molar-refractivity contribution >= 4 is 32.5 Å². The summed E-state index contributed by atoms with van der Waals surface area (Å²) in [6.07, 6.45) is 1.25. The Morgan fingerprint density at radius 3 is 2.95 bits per heavy atom. The molecule has 0 spiro atoms. The highest BCUT2D eigenvalue weighted by Gasteiger charge is 2.16. The van der Waals surface area contributed by atoms with Gasteiger partial charge in [-0.05, 0) is 25.1 Å². The Labute approximate surface area is 123 Å². The first-order chi connectivity index (χ1) is 10.2. The zero-order valence-corrected chi connectivity index (χ0v) is 12.3. The van der Waals surface area contributed by atoms with Gasteiger partial charge in [0.1, 0.15) is 11.3 Å². The number of ether oxygens (including phenoxy) is 2. The number of thiazole rings is 1. The second kappa shape index (κ2) is 5.17. The minimum Gasteiger partial charge on any atom is -0.494 e. The fraction of sp³-hybridized carbons (Fsp3) is 0.214. The normalized spacial score (nSPS) is 11.0. The number of methoxy groups -OCH3 is 1. The largest absolute Gasteiger partial charge is 0.494 e. The van der Waals surface area contributed by atoms with Crippen molar-refractivity contribution in [2.24, 2.45) is 0 Å². The molecule has 108 valence electrons. The maximum atomic E-state index is 12.4. The van der Waals surface area contributed by atoms with Gasteiger partial charge in [0.2, 0.25) is 0 Å². The van der Waals surface area contributed by atoms with Crippen LogP contribution in [0.1, 0.15) is 17.3 Å². The van der Waals surface area contributed by atoms with E-state index in [-0.39, 0.29) is 5.56 Å². The number of carbonyl (C=O) groups excluding carboxylic acids is 1. The van der Waals surface area contributed by atoms with Crippen molar-refractivity contribution < 1.29 is 14.3 Å². The van der Waals surface area contributed by atoms with Gasteiger partial charge in [-0.1, -0.05) is 11.3 Å². The average Bonchev–Trinajstić information content (AvgIpc) is 2.85. The molecule has 0 N–H and O–H groups in total. The van der Waals surface area contributed by atoms with E-state index in [1.807, 2.05) is 13.0 Å². The first-order valence-corrected chi connectivity index (χ1v) is 7.12.